The number of hydrogen-bond acceptors (Lipinski definition) is 1. The largest absolute Gasteiger partial charge is 0.388 e. The second-order valence-electron chi connectivity index (χ2n) is 5.36. The lowest BCUT2D eigenvalue weighted by Gasteiger charge is -2.17. The first-order chi connectivity index (χ1) is 10.1. The number of benzene rings is 3. The molecule has 0 aliphatic rings. The van der Waals surface area contributed by atoms with Gasteiger partial charge in [0.05, 0.1) is 6.10 Å². The van der Waals surface area contributed by atoms with Crippen molar-refractivity contribution in [1.29, 1.82) is 0 Å². The van der Waals surface area contributed by atoms with E-state index >= 15 is 0 Å². The van der Waals surface area contributed by atoms with Crippen LogP contribution in [0, 0.1) is 6.92 Å². The summed E-state index contributed by atoms with van der Waals surface area (Å²) in [5.41, 5.74) is 3.22. The molecule has 0 amide bonds. The minimum atomic E-state index is -0.516. The van der Waals surface area contributed by atoms with Crippen molar-refractivity contribution in [3.63, 3.8) is 0 Å². The highest BCUT2D eigenvalue weighted by Gasteiger charge is 2.14. The van der Waals surface area contributed by atoms with Crippen LogP contribution in [0.2, 0.25) is 5.02 Å². The highest BCUT2D eigenvalue weighted by molar-refractivity contribution is 6.30. The van der Waals surface area contributed by atoms with Crippen LogP contribution in [0.5, 0.6) is 0 Å². The van der Waals surface area contributed by atoms with E-state index in [1.54, 1.807) is 0 Å². The SMILES string of the molecule is Cc1ccc2ccccc2c1C(O)Cc1ccc(Cl)cc1. The Kier molecular flexibility index (Phi) is 3.96. The van der Waals surface area contributed by atoms with Crippen molar-refractivity contribution in [3.8, 4) is 0 Å². The molecule has 0 fully saturated rings. The van der Waals surface area contributed by atoms with Gasteiger partial charge >= 0.3 is 0 Å². The molecule has 0 radical (unpaired) electrons. The molecule has 0 saturated heterocycles. The lowest BCUT2D eigenvalue weighted by atomic mass is 9.92. The van der Waals surface area contributed by atoms with Crippen LogP contribution < -0.4 is 0 Å². The lowest BCUT2D eigenvalue weighted by molar-refractivity contribution is 0.179. The Balaban J connectivity index is 1.99. The first-order valence-electron chi connectivity index (χ1n) is 7.06. The molecule has 0 bridgehead atoms. The minimum absolute atomic E-state index is 0.516. The van der Waals surface area contributed by atoms with Crippen molar-refractivity contribution < 1.29 is 5.11 Å². The fourth-order valence-corrected chi connectivity index (χ4v) is 2.92. The Morgan fingerprint density at radius 3 is 2.43 bits per heavy atom. The molecule has 1 N–H and O–H groups in total. The van der Waals surface area contributed by atoms with E-state index in [0.717, 1.165) is 32.5 Å². The third-order valence-corrected chi connectivity index (χ3v) is 4.12. The first kappa shape index (κ1) is 14.1. The summed E-state index contributed by atoms with van der Waals surface area (Å²) in [5.74, 6) is 0. The topological polar surface area (TPSA) is 20.2 Å². The highest BCUT2D eigenvalue weighted by Crippen LogP contribution is 2.30. The molecular formula is C19H17ClO. The number of rotatable bonds is 3. The zero-order valence-corrected chi connectivity index (χ0v) is 12.6. The molecule has 0 aliphatic carbocycles. The van der Waals surface area contributed by atoms with Crippen LogP contribution >= 0.6 is 11.6 Å². The van der Waals surface area contributed by atoms with Crippen molar-refractivity contribution >= 4 is 22.4 Å². The fourth-order valence-electron chi connectivity index (χ4n) is 2.79. The van der Waals surface area contributed by atoms with E-state index in [4.69, 9.17) is 11.6 Å². The average Bonchev–Trinajstić information content (AvgIpc) is 2.49. The predicted octanol–water partition coefficient (Wildman–Crippen LogP) is 5.08. The molecule has 1 atom stereocenters. The lowest BCUT2D eigenvalue weighted by Crippen LogP contribution is -2.05. The fraction of sp³-hybridized carbons (Fsp3) is 0.158. The molecule has 3 aromatic rings. The molecule has 2 heteroatoms. The number of aryl methyl sites for hydroxylation is 1. The van der Waals surface area contributed by atoms with Crippen LogP contribution in [0.3, 0.4) is 0 Å². The molecular weight excluding hydrogens is 280 g/mol. The van der Waals surface area contributed by atoms with E-state index in [1.165, 1.54) is 0 Å². The second kappa shape index (κ2) is 5.88. The maximum absolute atomic E-state index is 10.7. The van der Waals surface area contributed by atoms with Crippen LogP contribution in [0.1, 0.15) is 22.8 Å². The molecule has 106 valence electrons. The van der Waals surface area contributed by atoms with Crippen molar-refractivity contribution in [2.45, 2.75) is 19.4 Å². The van der Waals surface area contributed by atoms with Crippen LogP contribution in [-0.2, 0) is 6.42 Å². The summed E-state index contributed by atoms with van der Waals surface area (Å²) in [7, 11) is 0. The van der Waals surface area contributed by atoms with E-state index in [9.17, 15) is 5.11 Å². The molecule has 3 aromatic carbocycles. The highest BCUT2D eigenvalue weighted by atomic mass is 35.5. The summed E-state index contributed by atoms with van der Waals surface area (Å²) in [6.45, 7) is 2.05. The monoisotopic (exact) mass is 296 g/mol. The summed E-state index contributed by atoms with van der Waals surface area (Å²) >= 11 is 5.91. The zero-order chi connectivity index (χ0) is 14.8. The van der Waals surface area contributed by atoms with Crippen LogP contribution in [0.15, 0.2) is 60.7 Å². The Labute approximate surface area is 129 Å². The maximum Gasteiger partial charge on any atom is 0.0838 e. The number of hydrogen-bond donors (Lipinski definition) is 1. The van der Waals surface area contributed by atoms with E-state index in [1.807, 2.05) is 43.3 Å². The van der Waals surface area contributed by atoms with Gasteiger partial charge in [-0.15, -0.1) is 0 Å². The van der Waals surface area contributed by atoms with Gasteiger partial charge < -0.3 is 5.11 Å². The number of aliphatic hydroxyl groups excluding tert-OH is 1. The Bertz CT molecular complexity index is 762. The normalized spacial score (nSPS) is 12.5. The van der Waals surface area contributed by atoms with Crippen molar-refractivity contribution in [2.24, 2.45) is 0 Å². The van der Waals surface area contributed by atoms with Gasteiger partial charge in [-0.2, -0.15) is 0 Å². The number of fused-ring (bicyclic) bond motifs is 1. The molecule has 1 unspecified atom stereocenters. The average molecular weight is 297 g/mol. The Hall–Kier alpha value is -1.83. The third kappa shape index (κ3) is 2.94. The summed E-state index contributed by atoms with van der Waals surface area (Å²) in [5, 5.41) is 13.7. The summed E-state index contributed by atoms with van der Waals surface area (Å²) in [6, 6.07) is 20.0. The van der Waals surface area contributed by atoms with E-state index in [-0.39, 0.29) is 0 Å². The number of aliphatic hydroxyl groups is 1. The molecule has 1 nitrogen and oxygen atoms in total. The molecule has 0 spiro atoms. The number of halogens is 1. The molecule has 3 rings (SSSR count). The summed E-state index contributed by atoms with van der Waals surface area (Å²) < 4.78 is 0. The van der Waals surface area contributed by atoms with Gasteiger partial charge in [-0.1, -0.05) is 60.1 Å². The van der Waals surface area contributed by atoms with Crippen molar-refractivity contribution in [3.05, 3.63) is 82.4 Å². The first-order valence-corrected chi connectivity index (χ1v) is 7.44. The Morgan fingerprint density at radius 1 is 0.952 bits per heavy atom. The summed E-state index contributed by atoms with van der Waals surface area (Å²) in [4.78, 5) is 0. The van der Waals surface area contributed by atoms with Crippen LogP contribution in [-0.4, -0.2) is 5.11 Å². The van der Waals surface area contributed by atoms with Crippen LogP contribution in [0.4, 0.5) is 0 Å². The van der Waals surface area contributed by atoms with E-state index in [0.29, 0.717) is 6.42 Å². The van der Waals surface area contributed by atoms with Gasteiger partial charge in [0.25, 0.3) is 0 Å². The molecule has 0 aromatic heterocycles. The van der Waals surface area contributed by atoms with E-state index in [2.05, 4.69) is 24.3 Å². The van der Waals surface area contributed by atoms with Gasteiger partial charge in [0.1, 0.15) is 0 Å². The van der Waals surface area contributed by atoms with Crippen molar-refractivity contribution in [2.75, 3.05) is 0 Å². The van der Waals surface area contributed by atoms with Gasteiger partial charge in [-0.05, 0) is 46.5 Å². The molecule has 0 saturated carbocycles. The van der Waals surface area contributed by atoms with Gasteiger partial charge in [-0.25, -0.2) is 0 Å². The van der Waals surface area contributed by atoms with Crippen molar-refractivity contribution in [1.82, 2.24) is 0 Å². The smallest absolute Gasteiger partial charge is 0.0838 e. The standard InChI is InChI=1S/C19H17ClO/c1-13-6-9-15-4-2-3-5-17(15)19(13)18(21)12-14-7-10-16(20)11-8-14/h2-11,18,21H,12H2,1H3. The van der Waals surface area contributed by atoms with Gasteiger partial charge in [0.2, 0.25) is 0 Å². The maximum atomic E-state index is 10.7. The minimum Gasteiger partial charge on any atom is -0.388 e. The predicted molar refractivity (Wildman–Crippen MR) is 88.8 cm³/mol. The molecule has 21 heavy (non-hydrogen) atoms. The molecule has 0 aliphatic heterocycles. The van der Waals surface area contributed by atoms with Crippen LogP contribution in [0.25, 0.3) is 10.8 Å². The van der Waals surface area contributed by atoms with Gasteiger partial charge in [0, 0.05) is 11.4 Å². The third-order valence-electron chi connectivity index (χ3n) is 3.86. The Morgan fingerprint density at radius 2 is 1.67 bits per heavy atom. The van der Waals surface area contributed by atoms with E-state index < -0.39 is 6.10 Å². The zero-order valence-electron chi connectivity index (χ0n) is 11.9. The molecule has 0 heterocycles. The van der Waals surface area contributed by atoms with Gasteiger partial charge in [0.15, 0.2) is 0 Å². The summed E-state index contributed by atoms with van der Waals surface area (Å²) in [6.07, 6.45) is 0.0729. The van der Waals surface area contributed by atoms with Gasteiger partial charge in [-0.3, -0.25) is 0 Å². The quantitative estimate of drug-likeness (QED) is 0.715. The second-order valence-corrected chi connectivity index (χ2v) is 5.80.